The molecule has 0 aromatic heterocycles. The maximum atomic E-state index is 12.6. The van der Waals surface area contributed by atoms with Gasteiger partial charge in [-0.25, -0.2) is 4.79 Å². The van der Waals surface area contributed by atoms with Crippen LogP contribution in [0.3, 0.4) is 0 Å². The SMILES string of the molecule is CN1/C(=C/C(=O)COC(=O)c2ccc3c(c2)NC(=O)CS3)C(C)(C)c2ccccc21. The van der Waals surface area contributed by atoms with Crippen molar-refractivity contribution in [2.24, 2.45) is 0 Å². The third-order valence-electron chi connectivity index (χ3n) is 5.43. The largest absolute Gasteiger partial charge is 0.454 e. The highest BCUT2D eigenvalue weighted by atomic mass is 32.2. The van der Waals surface area contributed by atoms with Gasteiger partial charge in [0.05, 0.1) is 17.0 Å². The lowest BCUT2D eigenvalue weighted by molar-refractivity contribution is -0.117. The van der Waals surface area contributed by atoms with Crippen molar-refractivity contribution in [3.63, 3.8) is 0 Å². The highest BCUT2D eigenvalue weighted by Crippen LogP contribution is 2.46. The predicted molar refractivity (Wildman–Crippen MR) is 117 cm³/mol. The summed E-state index contributed by atoms with van der Waals surface area (Å²) in [6.45, 7) is 3.79. The van der Waals surface area contributed by atoms with E-state index in [-0.39, 0.29) is 23.7 Å². The summed E-state index contributed by atoms with van der Waals surface area (Å²) >= 11 is 1.42. The second-order valence-corrected chi connectivity index (χ2v) is 8.84. The van der Waals surface area contributed by atoms with Gasteiger partial charge in [0.15, 0.2) is 12.4 Å². The summed E-state index contributed by atoms with van der Waals surface area (Å²) in [4.78, 5) is 39.4. The van der Waals surface area contributed by atoms with Crippen molar-refractivity contribution in [1.29, 1.82) is 0 Å². The van der Waals surface area contributed by atoms with E-state index in [0.29, 0.717) is 17.0 Å². The molecule has 7 heteroatoms. The van der Waals surface area contributed by atoms with E-state index in [9.17, 15) is 14.4 Å². The standard InChI is InChI=1S/C23H22N2O4S/c1-23(2)16-6-4-5-7-18(16)25(3)20(23)11-15(26)12-29-22(28)14-8-9-19-17(10-14)24-21(27)13-30-19/h4-11H,12-13H2,1-3H3,(H,24,27)/b20-11+. The fraction of sp³-hybridized carbons (Fsp3) is 0.261. The Balaban J connectivity index is 1.45. The number of ether oxygens (including phenoxy) is 1. The summed E-state index contributed by atoms with van der Waals surface area (Å²) in [7, 11) is 1.93. The number of carbonyl (C=O) groups is 3. The molecular weight excluding hydrogens is 400 g/mol. The number of para-hydroxylation sites is 1. The van der Waals surface area contributed by atoms with Crippen molar-refractivity contribution >= 4 is 40.8 Å². The first-order chi connectivity index (χ1) is 14.3. The molecule has 1 N–H and O–H groups in total. The molecule has 1 amide bonds. The first-order valence-corrected chi connectivity index (χ1v) is 10.6. The predicted octanol–water partition coefficient (Wildman–Crippen LogP) is 3.77. The Morgan fingerprint density at radius 1 is 1.23 bits per heavy atom. The molecule has 0 radical (unpaired) electrons. The van der Waals surface area contributed by atoms with Gasteiger partial charge in [-0.05, 0) is 29.8 Å². The van der Waals surface area contributed by atoms with Gasteiger partial charge < -0.3 is 15.0 Å². The number of ketones is 1. The topological polar surface area (TPSA) is 75.7 Å². The van der Waals surface area contributed by atoms with Crippen LogP contribution >= 0.6 is 11.8 Å². The first-order valence-electron chi connectivity index (χ1n) is 9.59. The number of likely N-dealkylation sites (N-methyl/N-ethyl adjacent to an activating group) is 1. The van der Waals surface area contributed by atoms with Crippen LogP contribution in [0.4, 0.5) is 11.4 Å². The number of rotatable bonds is 4. The Morgan fingerprint density at radius 2 is 2.00 bits per heavy atom. The Labute approximate surface area is 179 Å². The molecule has 154 valence electrons. The van der Waals surface area contributed by atoms with Crippen molar-refractivity contribution in [3.05, 3.63) is 65.4 Å². The molecule has 0 spiro atoms. The maximum absolute atomic E-state index is 12.6. The first kappa shape index (κ1) is 20.2. The molecule has 2 heterocycles. The Bertz CT molecular complexity index is 1090. The van der Waals surface area contributed by atoms with Gasteiger partial charge in [-0.1, -0.05) is 32.0 Å². The molecule has 0 fully saturated rings. The van der Waals surface area contributed by atoms with Crippen molar-refractivity contribution in [2.45, 2.75) is 24.2 Å². The number of hydrogen-bond acceptors (Lipinski definition) is 6. The maximum Gasteiger partial charge on any atom is 0.338 e. The number of allylic oxidation sites excluding steroid dienone is 1. The molecule has 2 aliphatic heterocycles. The fourth-order valence-corrected chi connectivity index (χ4v) is 4.67. The summed E-state index contributed by atoms with van der Waals surface area (Å²) in [5.41, 5.74) is 3.64. The molecule has 6 nitrogen and oxygen atoms in total. The second-order valence-electron chi connectivity index (χ2n) is 7.82. The number of amides is 1. The monoisotopic (exact) mass is 422 g/mol. The van der Waals surface area contributed by atoms with Gasteiger partial charge in [0.25, 0.3) is 0 Å². The summed E-state index contributed by atoms with van der Waals surface area (Å²) in [5.74, 6) is -0.636. The molecular formula is C23H22N2O4S. The molecule has 2 aromatic carbocycles. The van der Waals surface area contributed by atoms with Gasteiger partial charge in [-0.3, -0.25) is 9.59 Å². The third kappa shape index (κ3) is 3.61. The number of anilines is 2. The third-order valence-corrected chi connectivity index (χ3v) is 6.51. The van der Waals surface area contributed by atoms with Crippen LogP contribution in [0, 0.1) is 0 Å². The number of thioether (sulfide) groups is 1. The summed E-state index contributed by atoms with van der Waals surface area (Å²) in [5, 5.41) is 2.74. The lowest BCUT2D eigenvalue weighted by atomic mass is 9.83. The number of nitrogens with zero attached hydrogens (tertiary/aromatic N) is 1. The molecule has 0 atom stereocenters. The van der Waals surface area contributed by atoms with Crippen LogP contribution in [0.1, 0.15) is 29.8 Å². The van der Waals surface area contributed by atoms with Crippen LogP contribution in [-0.4, -0.2) is 37.1 Å². The Morgan fingerprint density at radius 3 is 2.77 bits per heavy atom. The van der Waals surface area contributed by atoms with Crippen LogP contribution in [0.15, 0.2) is 59.1 Å². The highest BCUT2D eigenvalue weighted by Gasteiger charge is 2.38. The zero-order valence-corrected chi connectivity index (χ0v) is 17.8. The van der Waals surface area contributed by atoms with E-state index < -0.39 is 5.97 Å². The average Bonchev–Trinajstić information content (AvgIpc) is 2.92. The molecule has 0 aliphatic carbocycles. The van der Waals surface area contributed by atoms with Gasteiger partial charge in [0.1, 0.15) is 0 Å². The van der Waals surface area contributed by atoms with Crippen molar-refractivity contribution in [2.75, 3.05) is 29.6 Å². The molecule has 30 heavy (non-hydrogen) atoms. The summed E-state index contributed by atoms with van der Waals surface area (Å²) in [6, 6.07) is 13.0. The van der Waals surface area contributed by atoms with Gasteiger partial charge in [0, 0.05) is 34.8 Å². The molecule has 0 saturated heterocycles. The lowest BCUT2D eigenvalue weighted by Crippen LogP contribution is -2.25. The zero-order valence-electron chi connectivity index (χ0n) is 17.0. The van der Waals surface area contributed by atoms with E-state index >= 15 is 0 Å². The number of fused-ring (bicyclic) bond motifs is 2. The Hall–Kier alpha value is -3.06. The quantitative estimate of drug-likeness (QED) is 0.597. The molecule has 2 aromatic rings. The fourth-order valence-electron chi connectivity index (χ4n) is 3.88. The molecule has 0 bridgehead atoms. The minimum atomic E-state index is -0.600. The number of nitrogens with one attached hydrogen (secondary N) is 1. The summed E-state index contributed by atoms with van der Waals surface area (Å²) in [6.07, 6.45) is 1.55. The van der Waals surface area contributed by atoms with Crippen LogP contribution in [0.5, 0.6) is 0 Å². The number of benzene rings is 2. The smallest absolute Gasteiger partial charge is 0.338 e. The summed E-state index contributed by atoms with van der Waals surface area (Å²) < 4.78 is 5.23. The van der Waals surface area contributed by atoms with Crippen molar-refractivity contribution in [1.82, 2.24) is 0 Å². The van der Waals surface area contributed by atoms with Crippen molar-refractivity contribution in [3.8, 4) is 0 Å². The minimum Gasteiger partial charge on any atom is -0.454 e. The molecule has 0 unspecified atom stereocenters. The van der Waals surface area contributed by atoms with E-state index in [1.165, 1.54) is 11.8 Å². The van der Waals surface area contributed by atoms with Gasteiger partial charge in [-0.15, -0.1) is 11.8 Å². The number of esters is 1. The van der Waals surface area contributed by atoms with E-state index in [0.717, 1.165) is 21.8 Å². The van der Waals surface area contributed by atoms with Crippen molar-refractivity contribution < 1.29 is 19.1 Å². The number of hydrogen-bond donors (Lipinski definition) is 1. The van der Waals surface area contributed by atoms with Gasteiger partial charge in [0.2, 0.25) is 5.91 Å². The van der Waals surface area contributed by atoms with E-state index in [1.807, 2.05) is 30.1 Å². The van der Waals surface area contributed by atoms with Crippen LogP contribution < -0.4 is 10.2 Å². The molecule has 2 aliphatic rings. The lowest BCUT2D eigenvalue weighted by Gasteiger charge is -2.23. The van der Waals surface area contributed by atoms with Crippen LogP contribution in [-0.2, 0) is 19.7 Å². The highest BCUT2D eigenvalue weighted by molar-refractivity contribution is 8.00. The average molecular weight is 423 g/mol. The normalized spacial score (nSPS) is 17.9. The van der Waals surface area contributed by atoms with Gasteiger partial charge >= 0.3 is 5.97 Å². The Kier molecular flexibility index (Phi) is 5.15. The van der Waals surface area contributed by atoms with Gasteiger partial charge in [-0.2, -0.15) is 0 Å². The van der Waals surface area contributed by atoms with Crippen LogP contribution in [0.25, 0.3) is 0 Å². The number of carbonyl (C=O) groups excluding carboxylic acids is 3. The van der Waals surface area contributed by atoms with E-state index in [2.05, 4.69) is 25.2 Å². The second kappa shape index (κ2) is 7.65. The molecule has 4 rings (SSSR count). The zero-order chi connectivity index (χ0) is 21.5. The van der Waals surface area contributed by atoms with E-state index in [1.54, 1.807) is 24.3 Å². The van der Waals surface area contributed by atoms with E-state index in [4.69, 9.17) is 4.74 Å². The molecule has 0 saturated carbocycles. The minimum absolute atomic E-state index is 0.107. The van der Waals surface area contributed by atoms with Crippen LogP contribution in [0.2, 0.25) is 0 Å².